The maximum absolute atomic E-state index is 13.7. The van der Waals surface area contributed by atoms with Crippen LogP contribution in [0, 0.1) is 15.9 Å². The number of halogens is 2. The number of non-ortho nitro benzene ring substituents is 1. The SMILES string of the molecule is O=C(C[C@H]1SC(=Nc2ccc(Cl)c(F)c2)N(C2CC2)C1=O)Nc1cccc([N+](=O)[O-])c1. The number of amidine groups is 1. The standard InChI is InChI=1S/C20H16ClFN4O4S/c21-15-7-4-12(9-16(15)22)24-20-25(13-5-6-13)19(28)17(31-20)10-18(27)23-11-2-1-3-14(8-11)26(29)30/h1-4,7-9,13,17H,5-6,10H2,(H,23,27)/t17-/m1/s1. The maximum Gasteiger partial charge on any atom is 0.271 e. The monoisotopic (exact) mass is 462 g/mol. The highest BCUT2D eigenvalue weighted by atomic mass is 35.5. The van der Waals surface area contributed by atoms with Crippen LogP contribution in [0.5, 0.6) is 0 Å². The summed E-state index contributed by atoms with van der Waals surface area (Å²) in [6.45, 7) is 0. The highest BCUT2D eigenvalue weighted by Crippen LogP contribution is 2.39. The predicted molar refractivity (Wildman–Crippen MR) is 116 cm³/mol. The Labute approximate surface area is 185 Å². The van der Waals surface area contributed by atoms with Gasteiger partial charge in [0.05, 0.1) is 15.6 Å². The molecule has 0 radical (unpaired) electrons. The van der Waals surface area contributed by atoms with Crippen molar-refractivity contribution in [2.75, 3.05) is 5.32 Å². The number of nitro benzene ring substituents is 1. The molecule has 0 spiro atoms. The number of hydrogen-bond donors (Lipinski definition) is 1. The Morgan fingerprint density at radius 3 is 2.77 bits per heavy atom. The average Bonchev–Trinajstić information content (AvgIpc) is 3.51. The fourth-order valence-corrected chi connectivity index (χ4v) is 4.44. The molecule has 2 aromatic carbocycles. The number of nitro groups is 1. The van der Waals surface area contributed by atoms with E-state index in [1.165, 1.54) is 36.4 Å². The van der Waals surface area contributed by atoms with E-state index in [1.54, 1.807) is 11.0 Å². The molecule has 160 valence electrons. The zero-order valence-electron chi connectivity index (χ0n) is 16.0. The lowest BCUT2D eigenvalue weighted by Gasteiger charge is -2.15. The van der Waals surface area contributed by atoms with Gasteiger partial charge in [-0.2, -0.15) is 0 Å². The number of nitrogens with zero attached hydrogens (tertiary/aromatic N) is 3. The van der Waals surface area contributed by atoms with Crippen LogP contribution in [0.15, 0.2) is 47.5 Å². The predicted octanol–water partition coefficient (Wildman–Crippen LogP) is 4.51. The summed E-state index contributed by atoms with van der Waals surface area (Å²) in [4.78, 5) is 41.7. The molecule has 0 bridgehead atoms. The number of carbonyl (C=O) groups excluding carboxylic acids is 2. The Balaban J connectivity index is 1.49. The number of nitrogens with one attached hydrogen (secondary N) is 1. The number of hydrogen-bond acceptors (Lipinski definition) is 6. The van der Waals surface area contributed by atoms with Crippen LogP contribution in [-0.2, 0) is 9.59 Å². The van der Waals surface area contributed by atoms with Gasteiger partial charge in [-0.15, -0.1) is 0 Å². The number of rotatable bonds is 6. The molecule has 1 N–H and O–H groups in total. The van der Waals surface area contributed by atoms with Crippen molar-refractivity contribution in [1.82, 2.24) is 4.90 Å². The van der Waals surface area contributed by atoms with Crippen molar-refractivity contribution in [2.24, 2.45) is 4.99 Å². The molecule has 31 heavy (non-hydrogen) atoms. The van der Waals surface area contributed by atoms with Crippen LogP contribution in [0.4, 0.5) is 21.5 Å². The largest absolute Gasteiger partial charge is 0.326 e. The van der Waals surface area contributed by atoms with Crippen LogP contribution < -0.4 is 5.32 Å². The number of amides is 2. The second kappa shape index (κ2) is 8.64. The lowest BCUT2D eigenvalue weighted by atomic mass is 10.2. The molecule has 1 heterocycles. The third-order valence-electron chi connectivity index (χ3n) is 4.72. The summed E-state index contributed by atoms with van der Waals surface area (Å²) in [7, 11) is 0. The number of thioether (sulfide) groups is 1. The first-order valence-electron chi connectivity index (χ1n) is 9.39. The third kappa shape index (κ3) is 4.86. The molecule has 2 amide bonds. The summed E-state index contributed by atoms with van der Waals surface area (Å²) < 4.78 is 13.7. The van der Waals surface area contributed by atoms with Crippen LogP contribution in [-0.4, -0.2) is 38.1 Å². The zero-order chi connectivity index (χ0) is 22.1. The maximum atomic E-state index is 13.7. The molecule has 11 heteroatoms. The molecule has 0 unspecified atom stereocenters. The first-order chi connectivity index (χ1) is 14.8. The molecule has 2 aliphatic rings. The van der Waals surface area contributed by atoms with Gasteiger partial charge in [0, 0.05) is 36.3 Å². The van der Waals surface area contributed by atoms with Crippen molar-refractivity contribution in [1.29, 1.82) is 0 Å². The summed E-state index contributed by atoms with van der Waals surface area (Å²) in [5.41, 5.74) is 0.456. The van der Waals surface area contributed by atoms with Gasteiger partial charge in [-0.05, 0) is 31.0 Å². The number of anilines is 1. The second-order valence-corrected chi connectivity index (χ2v) is 8.68. The molecule has 1 saturated heterocycles. The highest BCUT2D eigenvalue weighted by Gasteiger charge is 2.46. The summed E-state index contributed by atoms with van der Waals surface area (Å²) in [6, 6.07) is 9.73. The van der Waals surface area contributed by atoms with Crippen molar-refractivity contribution in [2.45, 2.75) is 30.6 Å². The lowest BCUT2D eigenvalue weighted by molar-refractivity contribution is -0.384. The minimum absolute atomic E-state index is 0.0196. The quantitative estimate of drug-likeness (QED) is 0.502. The van der Waals surface area contributed by atoms with E-state index in [9.17, 15) is 24.1 Å². The van der Waals surface area contributed by atoms with Gasteiger partial charge < -0.3 is 5.32 Å². The Morgan fingerprint density at radius 1 is 1.32 bits per heavy atom. The molecular weight excluding hydrogens is 447 g/mol. The van der Waals surface area contributed by atoms with E-state index < -0.39 is 21.9 Å². The molecule has 0 aromatic heterocycles. The topological polar surface area (TPSA) is 105 Å². The van der Waals surface area contributed by atoms with E-state index in [0.717, 1.165) is 24.6 Å². The summed E-state index contributed by atoms with van der Waals surface area (Å²) >= 11 is 6.86. The van der Waals surface area contributed by atoms with Gasteiger partial charge in [-0.25, -0.2) is 9.38 Å². The van der Waals surface area contributed by atoms with Gasteiger partial charge in [0.25, 0.3) is 5.69 Å². The molecule has 4 rings (SSSR count). The molecular formula is C20H16ClFN4O4S. The van der Waals surface area contributed by atoms with E-state index in [4.69, 9.17) is 11.6 Å². The molecule has 2 aromatic rings. The first-order valence-corrected chi connectivity index (χ1v) is 10.7. The van der Waals surface area contributed by atoms with Crippen molar-refractivity contribution < 1.29 is 18.9 Å². The van der Waals surface area contributed by atoms with Crippen molar-refractivity contribution in [3.05, 3.63) is 63.4 Å². The number of carbonyl (C=O) groups is 2. The Hall–Kier alpha value is -2.98. The smallest absolute Gasteiger partial charge is 0.271 e. The van der Waals surface area contributed by atoms with Crippen LogP contribution in [0.1, 0.15) is 19.3 Å². The van der Waals surface area contributed by atoms with Crippen LogP contribution in [0.2, 0.25) is 5.02 Å². The molecule has 1 atom stereocenters. The van der Waals surface area contributed by atoms with Crippen LogP contribution in [0.25, 0.3) is 0 Å². The van der Waals surface area contributed by atoms with Crippen molar-refractivity contribution in [3.8, 4) is 0 Å². The molecule has 2 fully saturated rings. The van der Waals surface area contributed by atoms with E-state index >= 15 is 0 Å². The van der Waals surface area contributed by atoms with Gasteiger partial charge in [0.15, 0.2) is 5.17 Å². The normalized spacial score (nSPS) is 19.7. The average molecular weight is 463 g/mol. The minimum atomic E-state index is -0.685. The molecule has 1 aliphatic carbocycles. The van der Waals surface area contributed by atoms with E-state index in [1.807, 2.05) is 0 Å². The van der Waals surface area contributed by atoms with E-state index in [-0.39, 0.29) is 34.8 Å². The number of aliphatic imine (C=N–C) groups is 1. The highest BCUT2D eigenvalue weighted by molar-refractivity contribution is 8.15. The Kier molecular flexibility index (Phi) is 5.92. The minimum Gasteiger partial charge on any atom is -0.326 e. The van der Waals surface area contributed by atoms with E-state index in [2.05, 4.69) is 10.3 Å². The van der Waals surface area contributed by atoms with Gasteiger partial charge in [0.1, 0.15) is 11.1 Å². The van der Waals surface area contributed by atoms with Gasteiger partial charge in [-0.1, -0.05) is 29.4 Å². The molecule has 8 nitrogen and oxygen atoms in total. The van der Waals surface area contributed by atoms with Crippen LogP contribution in [0.3, 0.4) is 0 Å². The summed E-state index contributed by atoms with van der Waals surface area (Å²) in [6.07, 6.45) is 1.56. The third-order valence-corrected chi connectivity index (χ3v) is 6.18. The van der Waals surface area contributed by atoms with Gasteiger partial charge >= 0.3 is 0 Å². The Bertz CT molecular complexity index is 1110. The second-order valence-electron chi connectivity index (χ2n) is 7.10. The van der Waals surface area contributed by atoms with E-state index in [0.29, 0.717) is 10.9 Å². The van der Waals surface area contributed by atoms with Crippen molar-refractivity contribution in [3.63, 3.8) is 0 Å². The van der Waals surface area contributed by atoms with Gasteiger partial charge in [0.2, 0.25) is 11.8 Å². The zero-order valence-corrected chi connectivity index (χ0v) is 17.5. The van der Waals surface area contributed by atoms with Crippen molar-refractivity contribution >= 4 is 57.4 Å². The number of benzene rings is 2. The fourth-order valence-electron chi connectivity index (χ4n) is 3.10. The summed E-state index contributed by atoms with van der Waals surface area (Å²) in [5.74, 6) is -1.28. The Morgan fingerprint density at radius 2 is 2.10 bits per heavy atom. The fraction of sp³-hybridized carbons (Fsp3) is 0.250. The summed E-state index contributed by atoms with van der Waals surface area (Å²) in [5, 5.41) is 13.2. The first kappa shape index (κ1) is 21.3. The van der Waals surface area contributed by atoms with Crippen LogP contribution >= 0.6 is 23.4 Å². The molecule has 1 aliphatic heterocycles. The molecule has 1 saturated carbocycles. The van der Waals surface area contributed by atoms with Gasteiger partial charge in [-0.3, -0.25) is 24.6 Å². The lowest BCUT2D eigenvalue weighted by Crippen LogP contribution is -2.35.